The zero-order valence-electron chi connectivity index (χ0n) is 19.8. The minimum atomic E-state index is 0.684. The predicted octanol–water partition coefficient (Wildman–Crippen LogP) is 6.51. The van der Waals surface area contributed by atoms with Crippen LogP contribution in [0.1, 0.15) is 30.4 Å². The van der Waals surface area contributed by atoms with Crippen molar-refractivity contribution in [3.8, 4) is 10.9 Å². The molecule has 0 atom stereocenters. The van der Waals surface area contributed by atoms with Gasteiger partial charge in [-0.1, -0.05) is 59.3 Å². The molecule has 0 amide bonds. The number of aromatic nitrogens is 1. The van der Waals surface area contributed by atoms with Gasteiger partial charge in [0.15, 0.2) is 0 Å². The third-order valence-corrected chi connectivity index (χ3v) is 7.51. The van der Waals surface area contributed by atoms with Crippen molar-refractivity contribution in [3.63, 3.8) is 0 Å². The molecular weight excluding hydrogens is 476 g/mol. The molecule has 4 aromatic rings. The molecule has 0 radical (unpaired) electrons. The van der Waals surface area contributed by atoms with Crippen LogP contribution in [0.15, 0.2) is 72.8 Å². The van der Waals surface area contributed by atoms with Gasteiger partial charge in [0.25, 0.3) is 5.19 Å². The van der Waals surface area contributed by atoms with Gasteiger partial charge in [-0.05, 0) is 79.8 Å². The van der Waals surface area contributed by atoms with Gasteiger partial charge in [0.1, 0.15) is 5.75 Å². The van der Waals surface area contributed by atoms with Crippen molar-refractivity contribution in [2.75, 3.05) is 19.6 Å². The van der Waals surface area contributed by atoms with Crippen molar-refractivity contribution in [2.24, 2.45) is 5.84 Å². The summed E-state index contributed by atoms with van der Waals surface area (Å²) in [7, 11) is 0. The summed E-state index contributed by atoms with van der Waals surface area (Å²) in [5.74, 6) is 7.07. The molecule has 0 spiro atoms. The monoisotopic (exact) mass is 506 g/mol. The van der Waals surface area contributed by atoms with Gasteiger partial charge in [-0.15, -0.1) is 0 Å². The summed E-state index contributed by atoms with van der Waals surface area (Å²) < 4.78 is 7.13. The number of rotatable bonds is 12. The summed E-state index contributed by atoms with van der Waals surface area (Å²) >= 11 is 7.55. The molecule has 182 valence electrons. The van der Waals surface area contributed by atoms with Crippen LogP contribution in [0, 0.1) is 0 Å². The first kappa shape index (κ1) is 24.2. The Hall–Kier alpha value is -2.48. The van der Waals surface area contributed by atoms with Crippen LogP contribution in [0.5, 0.6) is 10.9 Å². The lowest BCUT2D eigenvalue weighted by Gasteiger charge is -2.24. The molecule has 0 saturated heterocycles. The van der Waals surface area contributed by atoms with E-state index in [1.54, 1.807) is 11.3 Å². The van der Waals surface area contributed by atoms with Crippen LogP contribution in [0.3, 0.4) is 0 Å². The number of hydrogen-bond acceptors (Lipinski definition) is 6. The van der Waals surface area contributed by atoms with Crippen LogP contribution in [-0.2, 0) is 13.0 Å². The van der Waals surface area contributed by atoms with E-state index in [0.717, 1.165) is 66.1 Å². The fourth-order valence-electron chi connectivity index (χ4n) is 4.29. The molecule has 1 aromatic heterocycles. The van der Waals surface area contributed by atoms with Gasteiger partial charge in [0, 0.05) is 30.7 Å². The predicted molar refractivity (Wildman–Crippen MR) is 145 cm³/mol. The molecule has 0 unspecified atom stereocenters. The maximum Gasteiger partial charge on any atom is 0.279 e. The number of para-hydroxylation sites is 1. The summed E-state index contributed by atoms with van der Waals surface area (Å²) in [5.41, 5.74) is 3.49. The van der Waals surface area contributed by atoms with E-state index in [9.17, 15) is 0 Å². The van der Waals surface area contributed by atoms with E-state index < -0.39 is 0 Å². The average molecular weight is 507 g/mol. The first-order valence-electron chi connectivity index (χ1n) is 12.2. The molecular formula is C28H31ClN4OS. The van der Waals surface area contributed by atoms with Crippen LogP contribution in [0.4, 0.5) is 0 Å². The third kappa shape index (κ3) is 7.03. The standard InChI is InChI=1S/C28H31ClN4OS/c29-23-10-6-22(7-11-23)20-33(30)18-3-17-32(24-12-13-24)19-16-21-8-14-25(15-9-21)34-28-31-26-4-1-2-5-27(26)35-28/h1-2,4-11,14-15,24H,3,12-13,16-20,30H2. The lowest BCUT2D eigenvalue weighted by molar-refractivity contribution is 0.220. The Morgan fingerprint density at radius 3 is 2.40 bits per heavy atom. The molecule has 3 aromatic carbocycles. The van der Waals surface area contributed by atoms with Crippen LogP contribution < -0.4 is 10.6 Å². The van der Waals surface area contributed by atoms with Crippen molar-refractivity contribution >= 4 is 33.2 Å². The summed E-state index contributed by atoms with van der Waals surface area (Å²) in [6, 6.07) is 25.2. The second kappa shape index (κ2) is 11.5. The summed E-state index contributed by atoms with van der Waals surface area (Å²) in [6.07, 6.45) is 4.72. The Balaban J connectivity index is 1.07. The van der Waals surface area contributed by atoms with Crippen molar-refractivity contribution in [3.05, 3.63) is 88.9 Å². The first-order chi connectivity index (χ1) is 17.1. The molecule has 1 aliphatic rings. The second-order valence-electron chi connectivity index (χ2n) is 9.16. The summed E-state index contributed by atoms with van der Waals surface area (Å²) in [4.78, 5) is 7.18. The van der Waals surface area contributed by atoms with E-state index in [0.29, 0.717) is 5.19 Å². The van der Waals surface area contributed by atoms with Gasteiger partial charge in [-0.3, -0.25) is 5.84 Å². The van der Waals surface area contributed by atoms with E-state index in [2.05, 4.69) is 28.1 Å². The average Bonchev–Trinajstić information content (AvgIpc) is 3.63. The van der Waals surface area contributed by atoms with Gasteiger partial charge in [0.2, 0.25) is 0 Å². The lowest BCUT2D eigenvalue weighted by atomic mass is 10.1. The Morgan fingerprint density at radius 2 is 1.66 bits per heavy atom. The number of fused-ring (bicyclic) bond motifs is 1. The molecule has 5 nitrogen and oxygen atoms in total. The molecule has 1 heterocycles. The highest BCUT2D eigenvalue weighted by Crippen LogP contribution is 2.31. The van der Waals surface area contributed by atoms with E-state index >= 15 is 0 Å². The number of nitrogens with zero attached hydrogens (tertiary/aromatic N) is 3. The van der Waals surface area contributed by atoms with Gasteiger partial charge in [0.05, 0.1) is 10.2 Å². The number of thiazole rings is 1. The maximum absolute atomic E-state index is 6.24. The Labute approximate surface area is 216 Å². The molecule has 35 heavy (non-hydrogen) atoms. The van der Waals surface area contributed by atoms with Crippen molar-refractivity contribution in [1.29, 1.82) is 0 Å². The van der Waals surface area contributed by atoms with Crippen molar-refractivity contribution in [1.82, 2.24) is 14.9 Å². The second-order valence-corrected chi connectivity index (χ2v) is 10.6. The Bertz CT molecular complexity index is 1190. The number of ether oxygens (including phenoxy) is 1. The number of hydrogen-bond donors (Lipinski definition) is 1. The van der Waals surface area contributed by atoms with Gasteiger partial charge < -0.3 is 9.64 Å². The molecule has 7 heteroatoms. The maximum atomic E-state index is 6.24. The Morgan fingerprint density at radius 1 is 0.914 bits per heavy atom. The van der Waals surface area contributed by atoms with E-state index in [4.69, 9.17) is 22.2 Å². The number of nitrogens with two attached hydrogens (primary N) is 1. The zero-order chi connectivity index (χ0) is 24.0. The normalized spacial score (nSPS) is 13.7. The smallest absolute Gasteiger partial charge is 0.279 e. The largest absolute Gasteiger partial charge is 0.431 e. The van der Waals surface area contributed by atoms with Crippen LogP contribution in [-0.4, -0.2) is 40.6 Å². The molecule has 2 N–H and O–H groups in total. The Kier molecular flexibility index (Phi) is 7.96. The number of hydrazine groups is 1. The highest BCUT2D eigenvalue weighted by Gasteiger charge is 2.28. The van der Waals surface area contributed by atoms with E-state index in [1.165, 1.54) is 24.0 Å². The van der Waals surface area contributed by atoms with Crippen LogP contribution in [0.2, 0.25) is 5.02 Å². The van der Waals surface area contributed by atoms with Gasteiger partial charge in [-0.25, -0.2) is 9.99 Å². The highest BCUT2D eigenvalue weighted by molar-refractivity contribution is 7.20. The number of halogens is 1. The highest BCUT2D eigenvalue weighted by atomic mass is 35.5. The molecule has 1 fully saturated rings. The van der Waals surface area contributed by atoms with Crippen molar-refractivity contribution < 1.29 is 4.74 Å². The molecule has 1 aliphatic carbocycles. The fourth-order valence-corrected chi connectivity index (χ4v) is 5.25. The molecule has 1 saturated carbocycles. The van der Waals surface area contributed by atoms with Gasteiger partial charge >= 0.3 is 0 Å². The molecule has 5 rings (SSSR count). The third-order valence-electron chi connectivity index (χ3n) is 6.34. The fraction of sp³-hybridized carbons (Fsp3) is 0.321. The quantitative estimate of drug-likeness (QED) is 0.175. The zero-order valence-corrected chi connectivity index (χ0v) is 21.3. The number of benzene rings is 3. The van der Waals surface area contributed by atoms with E-state index in [-0.39, 0.29) is 0 Å². The van der Waals surface area contributed by atoms with Gasteiger partial charge in [-0.2, -0.15) is 0 Å². The van der Waals surface area contributed by atoms with Crippen LogP contribution in [0.25, 0.3) is 10.2 Å². The molecule has 0 bridgehead atoms. The minimum absolute atomic E-state index is 0.684. The summed E-state index contributed by atoms with van der Waals surface area (Å²) in [5, 5.41) is 3.34. The lowest BCUT2D eigenvalue weighted by Crippen LogP contribution is -2.35. The van der Waals surface area contributed by atoms with E-state index in [1.807, 2.05) is 59.6 Å². The first-order valence-corrected chi connectivity index (χ1v) is 13.4. The molecule has 0 aliphatic heterocycles. The van der Waals surface area contributed by atoms with Crippen molar-refractivity contribution in [2.45, 2.75) is 38.3 Å². The SMILES string of the molecule is NN(CCCN(CCc1ccc(Oc2nc3ccccc3s2)cc1)C1CC1)Cc1ccc(Cl)cc1. The minimum Gasteiger partial charge on any atom is -0.431 e. The summed E-state index contributed by atoms with van der Waals surface area (Å²) in [6.45, 7) is 3.78. The van der Waals surface area contributed by atoms with Crippen LogP contribution >= 0.6 is 22.9 Å². The topological polar surface area (TPSA) is 54.6 Å².